The summed E-state index contributed by atoms with van der Waals surface area (Å²) in [5, 5.41) is 7.16. The van der Waals surface area contributed by atoms with E-state index in [0.717, 1.165) is 11.8 Å². The van der Waals surface area contributed by atoms with E-state index in [1.807, 2.05) is 0 Å². The van der Waals surface area contributed by atoms with Gasteiger partial charge in [-0.1, -0.05) is 0 Å². The summed E-state index contributed by atoms with van der Waals surface area (Å²) < 4.78 is 0. The molecule has 3 heteroatoms. The molecule has 0 aromatic heterocycles. The smallest absolute Gasteiger partial charge is 0.000826 e. The first-order valence-electron chi connectivity index (χ1n) is 6.94. The summed E-state index contributed by atoms with van der Waals surface area (Å²) in [5.74, 6) is 1.80. The Morgan fingerprint density at radius 2 is 1.88 bits per heavy atom. The van der Waals surface area contributed by atoms with E-state index in [4.69, 9.17) is 0 Å². The van der Waals surface area contributed by atoms with Crippen LogP contribution < -0.4 is 10.6 Å². The van der Waals surface area contributed by atoms with Gasteiger partial charge in [0.15, 0.2) is 0 Å². The zero-order valence-corrected chi connectivity index (χ0v) is 10.7. The van der Waals surface area contributed by atoms with Gasteiger partial charge in [0.25, 0.3) is 0 Å². The molecule has 0 radical (unpaired) electrons. The molecule has 2 fully saturated rings. The molecule has 2 aliphatic rings. The molecule has 1 atom stereocenters. The van der Waals surface area contributed by atoms with Crippen LogP contribution in [0.5, 0.6) is 0 Å². The largest absolute Gasteiger partial charge is 0.316 e. The molecule has 0 amide bonds. The average molecular weight is 225 g/mol. The lowest BCUT2D eigenvalue weighted by Crippen LogP contribution is -2.39. The van der Waals surface area contributed by atoms with Crippen LogP contribution in [0.25, 0.3) is 0 Å². The molecule has 2 rings (SSSR count). The zero-order chi connectivity index (χ0) is 11.2. The average Bonchev–Trinajstić information content (AvgIpc) is 2.33. The molecule has 1 unspecified atom stereocenters. The first kappa shape index (κ1) is 12.3. The van der Waals surface area contributed by atoms with Crippen molar-refractivity contribution in [3.05, 3.63) is 0 Å². The van der Waals surface area contributed by atoms with E-state index in [1.165, 1.54) is 65.0 Å². The van der Waals surface area contributed by atoms with E-state index in [-0.39, 0.29) is 0 Å². The van der Waals surface area contributed by atoms with E-state index in [9.17, 15) is 0 Å². The molecule has 2 N–H and O–H groups in total. The van der Waals surface area contributed by atoms with Crippen LogP contribution >= 0.6 is 0 Å². The van der Waals surface area contributed by atoms with Gasteiger partial charge in [-0.3, -0.25) is 0 Å². The Kier molecular flexibility index (Phi) is 5.07. The number of nitrogens with zero attached hydrogens (tertiary/aromatic N) is 1. The third-order valence-corrected chi connectivity index (χ3v) is 4.10. The maximum atomic E-state index is 3.68. The van der Waals surface area contributed by atoms with Gasteiger partial charge >= 0.3 is 0 Å². The Hall–Kier alpha value is -0.120. The summed E-state index contributed by atoms with van der Waals surface area (Å²) in [6.45, 7) is 7.49. The molecule has 3 nitrogen and oxygen atoms in total. The fourth-order valence-electron chi connectivity index (χ4n) is 2.86. The highest BCUT2D eigenvalue weighted by Crippen LogP contribution is 2.15. The minimum absolute atomic E-state index is 0.875. The quantitative estimate of drug-likeness (QED) is 0.745. The number of hydrogen-bond acceptors (Lipinski definition) is 3. The minimum atomic E-state index is 0.875. The fourth-order valence-corrected chi connectivity index (χ4v) is 2.86. The number of likely N-dealkylation sites (tertiary alicyclic amines) is 1. The van der Waals surface area contributed by atoms with E-state index in [2.05, 4.69) is 22.6 Å². The molecule has 0 aromatic carbocycles. The second-order valence-electron chi connectivity index (χ2n) is 5.62. The van der Waals surface area contributed by atoms with Crippen LogP contribution in [0, 0.1) is 11.8 Å². The van der Waals surface area contributed by atoms with Gasteiger partial charge in [0.1, 0.15) is 0 Å². The molecule has 0 spiro atoms. The van der Waals surface area contributed by atoms with Crippen LogP contribution in [0.2, 0.25) is 0 Å². The van der Waals surface area contributed by atoms with Gasteiger partial charge in [-0.05, 0) is 83.8 Å². The van der Waals surface area contributed by atoms with Crippen molar-refractivity contribution in [2.24, 2.45) is 11.8 Å². The van der Waals surface area contributed by atoms with Crippen molar-refractivity contribution in [3.8, 4) is 0 Å². The Labute approximate surface area is 100.0 Å². The number of piperidine rings is 2. The van der Waals surface area contributed by atoms with Gasteiger partial charge in [-0.2, -0.15) is 0 Å². The molecule has 2 saturated heterocycles. The van der Waals surface area contributed by atoms with Gasteiger partial charge < -0.3 is 15.5 Å². The van der Waals surface area contributed by atoms with Crippen LogP contribution in [0.4, 0.5) is 0 Å². The standard InChI is InChI=1S/C13H27N3/c1-16-7-4-12(5-8-16)9-15-11-13-3-2-6-14-10-13/h12-15H,2-11H2,1H3. The Morgan fingerprint density at radius 1 is 1.12 bits per heavy atom. The fraction of sp³-hybridized carbons (Fsp3) is 1.00. The summed E-state index contributed by atoms with van der Waals surface area (Å²) in [4.78, 5) is 2.45. The van der Waals surface area contributed by atoms with E-state index >= 15 is 0 Å². The van der Waals surface area contributed by atoms with Gasteiger partial charge in [0.05, 0.1) is 0 Å². The Morgan fingerprint density at radius 3 is 2.56 bits per heavy atom. The van der Waals surface area contributed by atoms with Gasteiger partial charge in [0.2, 0.25) is 0 Å². The molecule has 0 bridgehead atoms. The van der Waals surface area contributed by atoms with Crippen molar-refractivity contribution in [2.75, 3.05) is 46.3 Å². The maximum absolute atomic E-state index is 3.68. The summed E-state index contributed by atoms with van der Waals surface area (Å²) in [7, 11) is 2.23. The van der Waals surface area contributed by atoms with Crippen molar-refractivity contribution in [2.45, 2.75) is 25.7 Å². The van der Waals surface area contributed by atoms with Crippen LogP contribution in [-0.4, -0.2) is 51.2 Å². The second-order valence-corrected chi connectivity index (χ2v) is 5.62. The Balaban J connectivity index is 1.53. The van der Waals surface area contributed by atoms with Crippen LogP contribution in [0.1, 0.15) is 25.7 Å². The third kappa shape index (κ3) is 4.04. The highest BCUT2D eigenvalue weighted by atomic mass is 15.1. The van der Waals surface area contributed by atoms with Crippen molar-refractivity contribution in [3.63, 3.8) is 0 Å². The lowest BCUT2D eigenvalue weighted by atomic mass is 9.96. The zero-order valence-electron chi connectivity index (χ0n) is 10.7. The molecule has 0 saturated carbocycles. The molecule has 2 heterocycles. The van der Waals surface area contributed by atoms with Gasteiger partial charge in [-0.15, -0.1) is 0 Å². The van der Waals surface area contributed by atoms with Crippen molar-refractivity contribution >= 4 is 0 Å². The number of hydrogen-bond donors (Lipinski definition) is 2. The van der Waals surface area contributed by atoms with Crippen LogP contribution in [0.15, 0.2) is 0 Å². The predicted molar refractivity (Wildman–Crippen MR) is 68.7 cm³/mol. The topological polar surface area (TPSA) is 27.3 Å². The third-order valence-electron chi connectivity index (χ3n) is 4.10. The molecule has 0 aromatic rings. The molecule has 0 aliphatic carbocycles. The van der Waals surface area contributed by atoms with Crippen molar-refractivity contribution < 1.29 is 0 Å². The van der Waals surface area contributed by atoms with E-state index in [0.29, 0.717) is 0 Å². The van der Waals surface area contributed by atoms with Crippen LogP contribution in [-0.2, 0) is 0 Å². The van der Waals surface area contributed by atoms with Crippen LogP contribution in [0.3, 0.4) is 0 Å². The SMILES string of the molecule is CN1CCC(CNCC2CCCNC2)CC1. The van der Waals surface area contributed by atoms with Crippen molar-refractivity contribution in [1.82, 2.24) is 15.5 Å². The monoisotopic (exact) mass is 225 g/mol. The number of nitrogens with one attached hydrogen (secondary N) is 2. The normalized spacial score (nSPS) is 29.4. The van der Waals surface area contributed by atoms with Gasteiger partial charge in [0, 0.05) is 0 Å². The first-order chi connectivity index (χ1) is 7.84. The molecule has 2 aliphatic heterocycles. The minimum Gasteiger partial charge on any atom is -0.316 e. The summed E-state index contributed by atoms with van der Waals surface area (Å²) in [5.41, 5.74) is 0. The van der Waals surface area contributed by atoms with Gasteiger partial charge in [-0.25, -0.2) is 0 Å². The van der Waals surface area contributed by atoms with E-state index < -0.39 is 0 Å². The summed E-state index contributed by atoms with van der Waals surface area (Å²) in [6, 6.07) is 0. The summed E-state index contributed by atoms with van der Waals surface area (Å²) >= 11 is 0. The van der Waals surface area contributed by atoms with E-state index in [1.54, 1.807) is 0 Å². The molecule has 16 heavy (non-hydrogen) atoms. The number of rotatable bonds is 4. The lowest BCUT2D eigenvalue weighted by molar-refractivity contribution is 0.213. The van der Waals surface area contributed by atoms with Crippen molar-refractivity contribution in [1.29, 1.82) is 0 Å². The molecule has 94 valence electrons. The second kappa shape index (κ2) is 6.58. The highest BCUT2D eigenvalue weighted by Gasteiger charge is 2.17. The Bertz CT molecular complexity index is 182. The molecular weight excluding hydrogens is 198 g/mol. The molecular formula is C13H27N3. The maximum Gasteiger partial charge on any atom is -0.000826 e. The first-order valence-corrected chi connectivity index (χ1v) is 6.94. The predicted octanol–water partition coefficient (Wildman–Crippen LogP) is 0.917. The highest BCUT2D eigenvalue weighted by molar-refractivity contribution is 4.74. The summed E-state index contributed by atoms with van der Waals surface area (Å²) in [6.07, 6.45) is 5.53. The lowest BCUT2D eigenvalue weighted by Gasteiger charge is -2.30.